The largest absolute Gasteiger partial charge is 0.417 e. The lowest BCUT2D eigenvalue weighted by Crippen LogP contribution is -2.44. The topological polar surface area (TPSA) is 61.0 Å². The van der Waals surface area contributed by atoms with E-state index in [1.165, 1.54) is 0 Å². The number of nitrogens with one attached hydrogen (secondary N) is 2. The molecule has 3 rings (SSSR count). The number of nitrogens with zero attached hydrogens (tertiary/aromatic N) is 2. The molecule has 0 amide bonds. The second-order valence-electron chi connectivity index (χ2n) is 4.85. The van der Waals surface area contributed by atoms with Crippen LogP contribution in [0.3, 0.4) is 0 Å². The minimum Gasteiger partial charge on any atom is -0.354 e. The van der Waals surface area contributed by atoms with Crippen LogP contribution in [0.4, 0.5) is 19.0 Å². The van der Waals surface area contributed by atoms with Crippen molar-refractivity contribution in [3.05, 3.63) is 34.1 Å². The predicted octanol–water partition coefficient (Wildman–Crippen LogP) is 1.35. The molecule has 0 spiro atoms. The van der Waals surface area contributed by atoms with Gasteiger partial charge in [0.15, 0.2) is 0 Å². The van der Waals surface area contributed by atoms with E-state index in [1.807, 2.05) is 0 Å². The van der Waals surface area contributed by atoms with Crippen molar-refractivity contribution in [1.82, 2.24) is 15.3 Å². The SMILES string of the molecule is O=c1ccc2c(C(F)(F)F)cc(N3CCNCC3)nc2[nH]1. The average Bonchev–Trinajstić information content (AvgIpc) is 2.45. The molecule has 2 N–H and O–H groups in total. The molecule has 112 valence electrons. The Labute approximate surface area is 117 Å². The van der Waals surface area contributed by atoms with Gasteiger partial charge in [0.2, 0.25) is 5.56 Å². The van der Waals surface area contributed by atoms with Gasteiger partial charge in [-0.05, 0) is 12.1 Å². The first kappa shape index (κ1) is 13.9. The van der Waals surface area contributed by atoms with Crippen LogP contribution < -0.4 is 15.8 Å². The summed E-state index contributed by atoms with van der Waals surface area (Å²) in [6.45, 7) is 2.53. The third kappa shape index (κ3) is 2.71. The maximum Gasteiger partial charge on any atom is 0.417 e. The molecular formula is C13H13F3N4O. The Morgan fingerprint density at radius 1 is 1.19 bits per heavy atom. The van der Waals surface area contributed by atoms with Crippen molar-refractivity contribution < 1.29 is 13.2 Å². The molecule has 0 bridgehead atoms. The van der Waals surface area contributed by atoms with Crippen LogP contribution in [0.1, 0.15) is 5.56 Å². The van der Waals surface area contributed by atoms with E-state index in [2.05, 4.69) is 15.3 Å². The molecule has 0 saturated carbocycles. The number of pyridine rings is 2. The first-order valence-electron chi connectivity index (χ1n) is 6.52. The Morgan fingerprint density at radius 2 is 1.90 bits per heavy atom. The smallest absolute Gasteiger partial charge is 0.354 e. The van der Waals surface area contributed by atoms with Crippen LogP contribution in [0.15, 0.2) is 23.0 Å². The van der Waals surface area contributed by atoms with Gasteiger partial charge in [0.1, 0.15) is 11.5 Å². The van der Waals surface area contributed by atoms with Crippen LogP contribution >= 0.6 is 0 Å². The Bertz CT molecular complexity index is 719. The van der Waals surface area contributed by atoms with Crippen LogP contribution in [0.25, 0.3) is 11.0 Å². The minimum atomic E-state index is -4.50. The fourth-order valence-electron chi connectivity index (χ4n) is 2.41. The van der Waals surface area contributed by atoms with Crippen molar-refractivity contribution in [3.8, 4) is 0 Å². The number of halogens is 3. The number of fused-ring (bicyclic) bond motifs is 1. The molecule has 0 unspecified atom stereocenters. The number of piperazine rings is 1. The zero-order valence-corrected chi connectivity index (χ0v) is 11.0. The molecular weight excluding hydrogens is 285 g/mol. The normalized spacial score (nSPS) is 16.4. The Morgan fingerprint density at radius 3 is 2.57 bits per heavy atom. The van der Waals surface area contributed by atoms with E-state index in [-0.39, 0.29) is 16.9 Å². The summed E-state index contributed by atoms with van der Waals surface area (Å²) in [6, 6.07) is 3.28. The molecule has 0 aromatic carbocycles. The van der Waals surface area contributed by atoms with Crippen molar-refractivity contribution in [2.45, 2.75) is 6.18 Å². The van der Waals surface area contributed by atoms with Crippen molar-refractivity contribution >= 4 is 16.9 Å². The Kier molecular flexibility index (Phi) is 3.32. The van der Waals surface area contributed by atoms with Gasteiger partial charge in [0, 0.05) is 37.6 Å². The van der Waals surface area contributed by atoms with Gasteiger partial charge in [-0.1, -0.05) is 0 Å². The van der Waals surface area contributed by atoms with Gasteiger partial charge in [-0.25, -0.2) is 4.98 Å². The molecule has 1 fully saturated rings. The maximum atomic E-state index is 13.2. The molecule has 0 radical (unpaired) electrons. The molecule has 5 nitrogen and oxygen atoms in total. The van der Waals surface area contributed by atoms with Gasteiger partial charge < -0.3 is 15.2 Å². The quantitative estimate of drug-likeness (QED) is 0.834. The number of hydrogen-bond donors (Lipinski definition) is 2. The monoisotopic (exact) mass is 298 g/mol. The number of anilines is 1. The number of aromatic amines is 1. The highest BCUT2D eigenvalue weighted by Gasteiger charge is 2.34. The van der Waals surface area contributed by atoms with Gasteiger partial charge in [0.05, 0.1) is 5.56 Å². The maximum absolute atomic E-state index is 13.2. The highest BCUT2D eigenvalue weighted by Crippen LogP contribution is 2.35. The summed E-state index contributed by atoms with van der Waals surface area (Å²) in [7, 11) is 0. The second-order valence-corrected chi connectivity index (χ2v) is 4.85. The first-order chi connectivity index (χ1) is 9.95. The lowest BCUT2D eigenvalue weighted by Gasteiger charge is -2.29. The van der Waals surface area contributed by atoms with E-state index in [0.717, 1.165) is 18.2 Å². The summed E-state index contributed by atoms with van der Waals surface area (Å²) in [5.74, 6) is 0.234. The molecule has 2 aromatic rings. The Hall–Kier alpha value is -2.09. The van der Waals surface area contributed by atoms with Gasteiger partial charge >= 0.3 is 6.18 Å². The first-order valence-corrected chi connectivity index (χ1v) is 6.52. The average molecular weight is 298 g/mol. The summed E-state index contributed by atoms with van der Waals surface area (Å²) < 4.78 is 39.6. The molecule has 1 saturated heterocycles. The second kappa shape index (κ2) is 5.03. The van der Waals surface area contributed by atoms with E-state index in [4.69, 9.17) is 0 Å². The van der Waals surface area contributed by atoms with Gasteiger partial charge in [-0.15, -0.1) is 0 Å². The number of rotatable bonds is 1. The van der Waals surface area contributed by atoms with Crippen molar-refractivity contribution in [1.29, 1.82) is 0 Å². The summed E-state index contributed by atoms with van der Waals surface area (Å²) in [5, 5.41) is 3.03. The third-order valence-electron chi connectivity index (χ3n) is 3.43. The number of H-pyrrole nitrogens is 1. The minimum absolute atomic E-state index is 0.0362. The van der Waals surface area contributed by atoms with Crippen LogP contribution in [0.5, 0.6) is 0 Å². The van der Waals surface area contributed by atoms with Crippen molar-refractivity contribution in [3.63, 3.8) is 0 Å². The lowest BCUT2D eigenvalue weighted by molar-refractivity contribution is -0.136. The lowest BCUT2D eigenvalue weighted by atomic mass is 10.1. The number of alkyl halides is 3. The zero-order chi connectivity index (χ0) is 15.0. The molecule has 1 aliphatic heterocycles. The molecule has 21 heavy (non-hydrogen) atoms. The zero-order valence-electron chi connectivity index (χ0n) is 11.0. The molecule has 0 atom stereocenters. The van der Waals surface area contributed by atoms with E-state index >= 15 is 0 Å². The van der Waals surface area contributed by atoms with Crippen LogP contribution in [0.2, 0.25) is 0 Å². The highest BCUT2D eigenvalue weighted by atomic mass is 19.4. The van der Waals surface area contributed by atoms with Crippen molar-refractivity contribution in [2.24, 2.45) is 0 Å². The van der Waals surface area contributed by atoms with Gasteiger partial charge in [0.25, 0.3) is 0 Å². The predicted molar refractivity (Wildman–Crippen MR) is 72.4 cm³/mol. The Balaban J connectivity index is 2.19. The van der Waals surface area contributed by atoms with Gasteiger partial charge in [-0.3, -0.25) is 4.79 Å². The van der Waals surface area contributed by atoms with E-state index in [0.29, 0.717) is 26.2 Å². The fraction of sp³-hybridized carbons (Fsp3) is 0.385. The summed E-state index contributed by atoms with van der Waals surface area (Å²) in [5.41, 5.74) is -1.29. The fourth-order valence-corrected chi connectivity index (χ4v) is 2.41. The molecule has 8 heteroatoms. The molecule has 2 aromatic heterocycles. The van der Waals surface area contributed by atoms with E-state index in [1.54, 1.807) is 4.90 Å². The summed E-state index contributed by atoms with van der Waals surface area (Å²) >= 11 is 0. The van der Waals surface area contributed by atoms with E-state index < -0.39 is 17.3 Å². The third-order valence-corrected chi connectivity index (χ3v) is 3.43. The molecule has 0 aliphatic carbocycles. The molecule has 1 aliphatic rings. The number of aromatic nitrogens is 2. The standard InChI is InChI=1S/C13H13F3N4O/c14-13(15,16)9-7-10(20-5-3-17-4-6-20)18-12-8(9)1-2-11(21)19-12/h1-2,7,17H,3-6H2,(H,18,19,21). The number of hydrogen-bond acceptors (Lipinski definition) is 4. The summed E-state index contributed by atoms with van der Waals surface area (Å²) in [6.07, 6.45) is -4.50. The summed E-state index contributed by atoms with van der Waals surface area (Å²) in [4.78, 5) is 19.7. The van der Waals surface area contributed by atoms with E-state index in [9.17, 15) is 18.0 Å². The van der Waals surface area contributed by atoms with Crippen LogP contribution in [-0.4, -0.2) is 36.1 Å². The molecule has 3 heterocycles. The van der Waals surface area contributed by atoms with Crippen LogP contribution in [0, 0.1) is 0 Å². The van der Waals surface area contributed by atoms with Crippen LogP contribution in [-0.2, 0) is 6.18 Å². The van der Waals surface area contributed by atoms with Gasteiger partial charge in [-0.2, -0.15) is 13.2 Å². The highest BCUT2D eigenvalue weighted by molar-refractivity contribution is 5.81. The van der Waals surface area contributed by atoms with Crippen molar-refractivity contribution in [2.75, 3.05) is 31.1 Å².